The normalized spacial score (nSPS) is 11.2. The Labute approximate surface area is 120 Å². The summed E-state index contributed by atoms with van der Waals surface area (Å²) < 4.78 is 18.4. The standard InChI is InChI=1S/C15H24FNOS/c1-12(2)10-17-11-13-9-14(16)5-6-15(13)19-8-4-7-18-3/h5-6,9,12,17H,4,7-8,10-11H2,1-3H3. The second-order valence-corrected chi connectivity index (χ2v) is 6.11. The molecule has 0 aliphatic rings. The summed E-state index contributed by atoms with van der Waals surface area (Å²) >= 11 is 1.77. The molecule has 1 N–H and O–H groups in total. The third-order valence-corrected chi connectivity index (χ3v) is 3.84. The molecule has 0 saturated heterocycles. The van der Waals surface area contributed by atoms with Gasteiger partial charge < -0.3 is 10.1 Å². The second-order valence-electron chi connectivity index (χ2n) is 4.97. The van der Waals surface area contributed by atoms with E-state index in [9.17, 15) is 4.39 Å². The number of thioether (sulfide) groups is 1. The van der Waals surface area contributed by atoms with Crippen molar-refractivity contribution < 1.29 is 9.13 Å². The predicted molar refractivity (Wildman–Crippen MR) is 80.2 cm³/mol. The molecule has 0 aliphatic carbocycles. The maximum Gasteiger partial charge on any atom is 0.123 e. The van der Waals surface area contributed by atoms with Gasteiger partial charge in [-0.15, -0.1) is 11.8 Å². The number of rotatable bonds is 9. The smallest absolute Gasteiger partial charge is 0.123 e. The van der Waals surface area contributed by atoms with E-state index < -0.39 is 0 Å². The Bertz CT molecular complexity index is 371. The molecule has 1 rings (SSSR count). The summed E-state index contributed by atoms with van der Waals surface area (Å²) in [7, 11) is 1.71. The van der Waals surface area contributed by atoms with Crippen molar-refractivity contribution in [2.45, 2.75) is 31.7 Å². The van der Waals surface area contributed by atoms with Gasteiger partial charge in [0, 0.05) is 30.9 Å². The third kappa shape index (κ3) is 6.95. The van der Waals surface area contributed by atoms with Crippen molar-refractivity contribution in [1.82, 2.24) is 5.32 Å². The quantitative estimate of drug-likeness (QED) is 0.552. The molecular formula is C15H24FNOS. The minimum atomic E-state index is -0.164. The molecule has 0 aliphatic heterocycles. The van der Waals surface area contributed by atoms with E-state index in [1.165, 1.54) is 6.07 Å². The Morgan fingerprint density at radius 3 is 2.84 bits per heavy atom. The Morgan fingerprint density at radius 2 is 2.16 bits per heavy atom. The number of hydrogen-bond acceptors (Lipinski definition) is 3. The maximum atomic E-state index is 13.3. The van der Waals surface area contributed by atoms with E-state index in [1.807, 2.05) is 6.07 Å². The highest BCUT2D eigenvalue weighted by Gasteiger charge is 2.05. The van der Waals surface area contributed by atoms with Crippen LogP contribution in [0.2, 0.25) is 0 Å². The van der Waals surface area contributed by atoms with Crippen LogP contribution in [0.15, 0.2) is 23.1 Å². The van der Waals surface area contributed by atoms with Gasteiger partial charge >= 0.3 is 0 Å². The molecular weight excluding hydrogens is 261 g/mol. The van der Waals surface area contributed by atoms with E-state index >= 15 is 0 Å². The van der Waals surface area contributed by atoms with Crippen LogP contribution >= 0.6 is 11.8 Å². The minimum absolute atomic E-state index is 0.164. The molecule has 0 atom stereocenters. The van der Waals surface area contributed by atoms with E-state index in [1.54, 1.807) is 24.9 Å². The van der Waals surface area contributed by atoms with Crippen LogP contribution in [0.3, 0.4) is 0 Å². The van der Waals surface area contributed by atoms with E-state index in [0.29, 0.717) is 5.92 Å². The SMILES string of the molecule is COCCCSc1ccc(F)cc1CNCC(C)C. The van der Waals surface area contributed by atoms with Gasteiger partial charge in [-0.05, 0) is 42.6 Å². The lowest BCUT2D eigenvalue weighted by atomic mass is 10.2. The van der Waals surface area contributed by atoms with Crippen molar-refractivity contribution in [3.8, 4) is 0 Å². The number of halogens is 1. The Kier molecular flexibility index (Phi) is 8.10. The molecule has 19 heavy (non-hydrogen) atoms. The molecule has 0 unspecified atom stereocenters. The Balaban J connectivity index is 2.53. The van der Waals surface area contributed by atoms with Crippen molar-refractivity contribution in [2.75, 3.05) is 26.0 Å². The molecule has 1 aromatic carbocycles. The van der Waals surface area contributed by atoms with Crippen molar-refractivity contribution in [1.29, 1.82) is 0 Å². The summed E-state index contributed by atoms with van der Waals surface area (Å²) in [6, 6.07) is 5.04. The van der Waals surface area contributed by atoms with Crippen LogP contribution in [0.5, 0.6) is 0 Å². The van der Waals surface area contributed by atoms with Crippen LogP contribution in [0.4, 0.5) is 4.39 Å². The van der Waals surface area contributed by atoms with Crippen molar-refractivity contribution in [2.24, 2.45) is 5.92 Å². The van der Waals surface area contributed by atoms with Gasteiger partial charge in [-0.2, -0.15) is 0 Å². The number of ether oxygens (including phenoxy) is 1. The average Bonchev–Trinajstić information content (AvgIpc) is 2.36. The highest BCUT2D eigenvalue weighted by Crippen LogP contribution is 2.24. The number of methoxy groups -OCH3 is 1. The zero-order valence-corrected chi connectivity index (χ0v) is 12.9. The van der Waals surface area contributed by atoms with Gasteiger partial charge in [0.1, 0.15) is 5.82 Å². The number of nitrogens with one attached hydrogen (secondary N) is 1. The van der Waals surface area contributed by atoms with Crippen LogP contribution in [0, 0.1) is 11.7 Å². The molecule has 0 amide bonds. The van der Waals surface area contributed by atoms with Gasteiger partial charge in [0.25, 0.3) is 0 Å². The summed E-state index contributed by atoms with van der Waals surface area (Å²) in [5.74, 6) is 1.44. The van der Waals surface area contributed by atoms with Crippen molar-refractivity contribution in [3.63, 3.8) is 0 Å². The molecule has 0 bridgehead atoms. The third-order valence-electron chi connectivity index (χ3n) is 2.64. The molecule has 0 radical (unpaired) electrons. The Hall–Kier alpha value is -0.580. The lowest BCUT2D eigenvalue weighted by Gasteiger charge is -2.12. The highest BCUT2D eigenvalue weighted by atomic mass is 32.2. The summed E-state index contributed by atoms with van der Waals surface area (Å²) in [4.78, 5) is 1.16. The first-order chi connectivity index (χ1) is 9.13. The van der Waals surface area contributed by atoms with Crippen LogP contribution in [0.25, 0.3) is 0 Å². The molecule has 4 heteroatoms. The van der Waals surface area contributed by atoms with Crippen molar-refractivity contribution in [3.05, 3.63) is 29.6 Å². The average molecular weight is 285 g/mol. The summed E-state index contributed by atoms with van der Waals surface area (Å²) in [5.41, 5.74) is 1.04. The number of hydrogen-bond donors (Lipinski definition) is 1. The first-order valence-electron chi connectivity index (χ1n) is 6.74. The van der Waals surface area contributed by atoms with Crippen molar-refractivity contribution >= 4 is 11.8 Å². The molecule has 1 aromatic rings. The fraction of sp³-hybridized carbons (Fsp3) is 0.600. The summed E-state index contributed by atoms with van der Waals surface area (Å²) in [5, 5.41) is 3.37. The van der Waals surface area contributed by atoms with Gasteiger partial charge in [0.05, 0.1) is 0 Å². The van der Waals surface area contributed by atoms with Crippen LogP contribution in [0.1, 0.15) is 25.8 Å². The van der Waals surface area contributed by atoms with Crippen LogP contribution in [-0.2, 0) is 11.3 Å². The van der Waals surface area contributed by atoms with E-state index in [0.717, 1.165) is 42.3 Å². The fourth-order valence-corrected chi connectivity index (χ4v) is 2.67. The molecule has 0 aromatic heterocycles. The lowest BCUT2D eigenvalue weighted by molar-refractivity contribution is 0.200. The first kappa shape index (κ1) is 16.5. The van der Waals surface area contributed by atoms with E-state index in [4.69, 9.17) is 4.74 Å². The summed E-state index contributed by atoms with van der Waals surface area (Å²) in [6.45, 7) is 6.78. The van der Waals surface area contributed by atoms with Gasteiger partial charge in [0.2, 0.25) is 0 Å². The van der Waals surface area contributed by atoms with Crippen LogP contribution in [-0.4, -0.2) is 26.0 Å². The second kappa shape index (κ2) is 9.34. The van der Waals surface area contributed by atoms with Crippen LogP contribution < -0.4 is 5.32 Å². The first-order valence-corrected chi connectivity index (χ1v) is 7.73. The zero-order chi connectivity index (χ0) is 14.1. The molecule has 108 valence electrons. The monoisotopic (exact) mass is 285 g/mol. The molecule has 0 spiro atoms. The van der Waals surface area contributed by atoms with E-state index in [2.05, 4.69) is 19.2 Å². The molecule has 0 heterocycles. The molecule has 2 nitrogen and oxygen atoms in total. The topological polar surface area (TPSA) is 21.3 Å². The summed E-state index contributed by atoms with van der Waals surface area (Å²) in [6.07, 6.45) is 1.01. The fourth-order valence-electron chi connectivity index (χ4n) is 1.71. The lowest BCUT2D eigenvalue weighted by Crippen LogP contribution is -2.19. The van der Waals surface area contributed by atoms with Gasteiger partial charge in [-0.1, -0.05) is 13.8 Å². The highest BCUT2D eigenvalue weighted by molar-refractivity contribution is 7.99. The van der Waals surface area contributed by atoms with Gasteiger partial charge in [-0.25, -0.2) is 4.39 Å². The minimum Gasteiger partial charge on any atom is -0.385 e. The van der Waals surface area contributed by atoms with Gasteiger partial charge in [0.15, 0.2) is 0 Å². The molecule has 0 fully saturated rings. The van der Waals surface area contributed by atoms with Gasteiger partial charge in [-0.3, -0.25) is 0 Å². The maximum absolute atomic E-state index is 13.3. The zero-order valence-electron chi connectivity index (χ0n) is 12.0. The number of benzene rings is 1. The predicted octanol–water partition coefficient (Wildman–Crippen LogP) is 3.70. The van der Waals surface area contributed by atoms with E-state index in [-0.39, 0.29) is 5.82 Å². The Morgan fingerprint density at radius 1 is 1.37 bits per heavy atom. The largest absolute Gasteiger partial charge is 0.385 e. The molecule has 0 saturated carbocycles.